The lowest BCUT2D eigenvalue weighted by Gasteiger charge is -2.13. The zero-order chi connectivity index (χ0) is 19.9. The zero-order valence-corrected chi connectivity index (χ0v) is 15.3. The molecule has 2 aromatic carbocycles. The molecule has 142 valence electrons. The Kier molecular flexibility index (Phi) is 4.27. The topological polar surface area (TPSA) is 96.3 Å². The maximum absolute atomic E-state index is 14.6. The fourth-order valence-corrected chi connectivity index (χ4v) is 2.78. The molecule has 0 unspecified atom stereocenters. The van der Waals surface area contributed by atoms with Crippen LogP contribution in [0.5, 0.6) is 0 Å². The molecule has 0 fully saturated rings. The van der Waals surface area contributed by atoms with Gasteiger partial charge in [0.15, 0.2) is 5.82 Å². The van der Waals surface area contributed by atoms with E-state index < -0.39 is 11.4 Å². The van der Waals surface area contributed by atoms with Gasteiger partial charge in [-0.3, -0.25) is 10.2 Å². The number of rotatable bonds is 4. The number of aromatic nitrogens is 5. The van der Waals surface area contributed by atoms with Gasteiger partial charge < -0.3 is 5.73 Å². The maximum atomic E-state index is 14.6. The van der Waals surface area contributed by atoms with Gasteiger partial charge in [0.1, 0.15) is 17.5 Å². The molecule has 0 aliphatic carbocycles. The summed E-state index contributed by atoms with van der Waals surface area (Å²) in [6, 6.07) is 9.10. The molecular weight excluding hydrogens is 362 g/mol. The van der Waals surface area contributed by atoms with E-state index in [1.165, 1.54) is 18.2 Å². The van der Waals surface area contributed by atoms with E-state index in [1.807, 2.05) is 0 Å². The molecule has 0 saturated carbocycles. The summed E-state index contributed by atoms with van der Waals surface area (Å²) in [5.41, 5.74) is 7.54. The van der Waals surface area contributed by atoms with Gasteiger partial charge in [0.05, 0.1) is 22.3 Å². The smallest absolute Gasteiger partial charge is 0.184 e. The molecule has 6 nitrogen and oxygen atoms in total. The van der Waals surface area contributed by atoms with Crippen LogP contribution in [0.2, 0.25) is 0 Å². The second-order valence-corrected chi connectivity index (χ2v) is 7.10. The summed E-state index contributed by atoms with van der Waals surface area (Å²) in [6.07, 6.45) is 3.58. The number of halogens is 2. The zero-order valence-electron chi connectivity index (χ0n) is 15.3. The number of nitrogens with two attached hydrogens (primary N) is 1. The summed E-state index contributed by atoms with van der Waals surface area (Å²) in [7, 11) is 0. The summed E-state index contributed by atoms with van der Waals surface area (Å²) in [6.45, 7) is 3.57. The molecule has 8 heteroatoms. The van der Waals surface area contributed by atoms with Crippen LogP contribution in [0.1, 0.15) is 30.9 Å². The third-order valence-corrected chi connectivity index (χ3v) is 4.32. The van der Waals surface area contributed by atoms with Gasteiger partial charge in [-0.25, -0.2) is 13.8 Å². The summed E-state index contributed by atoms with van der Waals surface area (Å²) in [4.78, 5) is 4.32. The van der Waals surface area contributed by atoms with Crippen molar-refractivity contribution < 1.29 is 8.78 Å². The van der Waals surface area contributed by atoms with Gasteiger partial charge in [-0.2, -0.15) is 10.2 Å². The number of H-pyrrole nitrogens is 2. The Labute approximate surface area is 159 Å². The first-order valence-corrected chi connectivity index (χ1v) is 8.65. The Balaban J connectivity index is 1.74. The molecule has 0 radical (unpaired) electrons. The summed E-state index contributed by atoms with van der Waals surface area (Å²) >= 11 is 0. The van der Waals surface area contributed by atoms with Crippen molar-refractivity contribution in [3.05, 3.63) is 65.1 Å². The number of benzene rings is 2. The fraction of sp³-hybridized carbons (Fsp3) is 0.150. The average molecular weight is 380 g/mol. The van der Waals surface area contributed by atoms with Crippen LogP contribution in [0.15, 0.2) is 36.4 Å². The molecule has 0 aliphatic rings. The van der Waals surface area contributed by atoms with Crippen molar-refractivity contribution in [3.63, 3.8) is 0 Å². The van der Waals surface area contributed by atoms with E-state index in [-0.39, 0.29) is 17.2 Å². The van der Waals surface area contributed by atoms with Gasteiger partial charge in [-0.05, 0) is 43.7 Å². The van der Waals surface area contributed by atoms with Gasteiger partial charge in [0.25, 0.3) is 0 Å². The van der Waals surface area contributed by atoms with Crippen molar-refractivity contribution in [2.24, 2.45) is 5.73 Å². The normalized spacial score (nSPS) is 12.3. The molecule has 0 aliphatic heterocycles. The number of nitrogens with zero attached hydrogens (tertiary/aromatic N) is 3. The number of aromatic amines is 2. The fourth-order valence-electron chi connectivity index (χ4n) is 2.78. The van der Waals surface area contributed by atoms with Crippen molar-refractivity contribution in [3.8, 4) is 11.4 Å². The van der Waals surface area contributed by atoms with Crippen molar-refractivity contribution in [1.29, 1.82) is 0 Å². The predicted octanol–water partition coefficient (Wildman–Crippen LogP) is 3.99. The molecule has 0 atom stereocenters. The molecule has 0 bridgehead atoms. The van der Waals surface area contributed by atoms with Gasteiger partial charge in [-0.15, -0.1) is 0 Å². The Morgan fingerprint density at radius 1 is 1.00 bits per heavy atom. The molecule has 0 saturated heterocycles. The highest BCUT2D eigenvalue weighted by Gasteiger charge is 2.21. The number of nitrogens with one attached hydrogen (secondary N) is 2. The van der Waals surface area contributed by atoms with E-state index in [0.717, 1.165) is 5.56 Å². The van der Waals surface area contributed by atoms with E-state index in [1.54, 1.807) is 44.2 Å². The Hall–Kier alpha value is -3.39. The summed E-state index contributed by atoms with van der Waals surface area (Å²) in [5, 5.41) is 14.6. The third-order valence-electron chi connectivity index (χ3n) is 4.32. The molecule has 0 spiro atoms. The van der Waals surface area contributed by atoms with Crippen molar-refractivity contribution in [1.82, 2.24) is 25.4 Å². The number of hydrogen-bond acceptors (Lipinski definition) is 4. The maximum Gasteiger partial charge on any atom is 0.184 e. The summed E-state index contributed by atoms with van der Waals surface area (Å²) < 4.78 is 27.6. The Morgan fingerprint density at radius 3 is 2.43 bits per heavy atom. The van der Waals surface area contributed by atoms with Gasteiger partial charge >= 0.3 is 0 Å². The Bertz CT molecular complexity index is 1170. The minimum atomic E-state index is -0.718. The Morgan fingerprint density at radius 2 is 1.75 bits per heavy atom. The second-order valence-electron chi connectivity index (χ2n) is 7.10. The van der Waals surface area contributed by atoms with Gasteiger partial charge in [0, 0.05) is 11.5 Å². The molecule has 4 N–H and O–H groups in total. The first-order chi connectivity index (χ1) is 13.3. The minimum Gasteiger partial charge on any atom is -0.319 e. The van der Waals surface area contributed by atoms with Crippen LogP contribution in [0.4, 0.5) is 8.78 Å². The lowest BCUT2D eigenvalue weighted by Crippen LogP contribution is -2.30. The SMILES string of the molecule is CC(C)(N)c1nc(-c2cc3c(C=Cc4ccc(F)cc4)n[nH]c3cc2F)n[nH]1. The van der Waals surface area contributed by atoms with Crippen LogP contribution < -0.4 is 5.73 Å². The van der Waals surface area contributed by atoms with Crippen molar-refractivity contribution >= 4 is 23.1 Å². The van der Waals surface area contributed by atoms with Gasteiger partial charge in [0.2, 0.25) is 0 Å². The van der Waals surface area contributed by atoms with Gasteiger partial charge in [-0.1, -0.05) is 18.2 Å². The quantitative estimate of drug-likeness (QED) is 0.499. The first-order valence-electron chi connectivity index (χ1n) is 8.65. The number of fused-ring (bicyclic) bond motifs is 1. The highest BCUT2D eigenvalue weighted by molar-refractivity contribution is 5.92. The minimum absolute atomic E-state index is 0.225. The molecule has 28 heavy (non-hydrogen) atoms. The van der Waals surface area contributed by atoms with Crippen LogP contribution in [0.25, 0.3) is 34.4 Å². The molecule has 2 aromatic heterocycles. The third kappa shape index (κ3) is 3.41. The molecule has 2 heterocycles. The second kappa shape index (κ2) is 6.65. The van der Waals surface area contributed by atoms with Crippen molar-refractivity contribution in [2.45, 2.75) is 19.4 Å². The lowest BCUT2D eigenvalue weighted by atomic mass is 10.1. The van der Waals surface area contributed by atoms with Crippen LogP contribution in [0.3, 0.4) is 0 Å². The van der Waals surface area contributed by atoms with Crippen LogP contribution in [-0.2, 0) is 5.54 Å². The van der Waals surface area contributed by atoms with E-state index in [4.69, 9.17) is 5.73 Å². The summed E-state index contributed by atoms with van der Waals surface area (Å²) in [5.74, 6) is -0.0761. The molecule has 4 rings (SSSR count). The first kappa shape index (κ1) is 18.0. The highest BCUT2D eigenvalue weighted by Crippen LogP contribution is 2.28. The standard InChI is InChI=1S/C20H18F2N6/c1-20(2,23)19-24-18(27-28-19)13-9-14-16(25-26-17(14)10-15(13)22)8-5-11-3-6-12(21)7-4-11/h3-10H,23H2,1-2H3,(H,25,26)(H,24,27,28). The van der Waals surface area contributed by atoms with Crippen molar-refractivity contribution in [2.75, 3.05) is 0 Å². The van der Waals surface area contributed by atoms with E-state index in [2.05, 4.69) is 25.4 Å². The van der Waals surface area contributed by atoms with E-state index >= 15 is 0 Å². The number of hydrogen-bond donors (Lipinski definition) is 3. The molecular formula is C20H18F2N6. The monoisotopic (exact) mass is 380 g/mol. The molecule has 0 amide bonds. The van der Waals surface area contributed by atoms with E-state index in [9.17, 15) is 8.78 Å². The van der Waals surface area contributed by atoms with Crippen LogP contribution in [-0.4, -0.2) is 25.4 Å². The van der Waals surface area contributed by atoms with E-state index in [0.29, 0.717) is 22.4 Å². The lowest BCUT2D eigenvalue weighted by molar-refractivity contribution is 0.516. The molecule has 4 aromatic rings. The highest BCUT2D eigenvalue weighted by atomic mass is 19.1. The average Bonchev–Trinajstić information content (AvgIpc) is 3.27. The predicted molar refractivity (Wildman–Crippen MR) is 104 cm³/mol. The van der Waals surface area contributed by atoms with Crippen LogP contribution >= 0.6 is 0 Å². The van der Waals surface area contributed by atoms with Crippen LogP contribution in [0, 0.1) is 11.6 Å². The largest absolute Gasteiger partial charge is 0.319 e.